The van der Waals surface area contributed by atoms with Crippen LogP contribution in [0.1, 0.15) is 18.1 Å². The quantitative estimate of drug-likeness (QED) is 0.643. The molecule has 0 aromatic heterocycles. The number of benzene rings is 1. The van der Waals surface area contributed by atoms with Crippen molar-refractivity contribution in [3.05, 3.63) is 29.3 Å². The van der Waals surface area contributed by atoms with Gasteiger partial charge in [-0.15, -0.1) is 0 Å². The smallest absolute Gasteiger partial charge is 0.428 e. The van der Waals surface area contributed by atoms with Crippen molar-refractivity contribution in [1.29, 1.82) is 0 Å². The molecule has 10 heteroatoms. The number of cyclic esters (lactones) is 1. The summed E-state index contributed by atoms with van der Waals surface area (Å²) < 4.78 is 44.6. The van der Waals surface area contributed by atoms with E-state index in [1.807, 2.05) is 5.43 Å². The zero-order chi connectivity index (χ0) is 17.9. The number of hydrogen-bond donors (Lipinski definition) is 4. The maximum atomic E-state index is 13.3. The van der Waals surface area contributed by atoms with E-state index in [0.29, 0.717) is 0 Å². The van der Waals surface area contributed by atoms with Crippen LogP contribution in [-0.4, -0.2) is 47.4 Å². The van der Waals surface area contributed by atoms with Gasteiger partial charge in [0.2, 0.25) is 0 Å². The summed E-state index contributed by atoms with van der Waals surface area (Å²) in [5.74, 6) is 0. The molecule has 0 bridgehead atoms. The molecule has 0 spiro atoms. The van der Waals surface area contributed by atoms with E-state index in [1.165, 1.54) is 19.1 Å². The number of aliphatic hydroxyl groups is 2. The number of halogens is 3. The first-order chi connectivity index (χ1) is 11.2. The Morgan fingerprint density at radius 2 is 2.17 bits per heavy atom. The van der Waals surface area contributed by atoms with Crippen molar-refractivity contribution in [2.45, 2.75) is 25.2 Å². The number of alkyl halides is 3. The average molecular weight is 347 g/mol. The number of rotatable bonds is 5. The Kier molecular flexibility index (Phi) is 5.30. The predicted molar refractivity (Wildman–Crippen MR) is 78.6 cm³/mol. The van der Waals surface area contributed by atoms with Crippen LogP contribution in [0, 0.1) is 0 Å². The summed E-state index contributed by atoms with van der Waals surface area (Å²) in [5.41, 5.74) is 1.02. The van der Waals surface area contributed by atoms with Crippen LogP contribution >= 0.6 is 0 Å². The Morgan fingerprint density at radius 3 is 2.67 bits per heavy atom. The Hall–Kier alpha value is -2.33. The van der Waals surface area contributed by atoms with Gasteiger partial charge in [0.25, 0.3) is 0 Å². The molecule has 2 unspecified atom stereocenters. The third kappa shape index (κ3) is 4.15. The fourth-order valence-electron chi connectivity index (χ4n) is 2.06. The second kappa shape index (κ2) is 7.05. The second-order valence-corrected chi connectivity index (χ2v) is 5.18. The van der Waals surface area contributed by atoms with Gasteiger partial charge in [-0.25, -0.2) is 10.2 Å². The molecule has 1 aliphatic heterocycles. The second-order valence-electron chi connectivity index (χ2n) is 5.18. The van der Waals surface area contributed by atoms with Gasteiger partial charge in [0.05, 0.1) is 24.3 Å². The monoisotopic (exact) mass is 347 g/mol. The van der Waals surface area contributed by atoms with Crippen LogP contribution in [0.5, 0.6) is 0 Å². The fourth-order valence-corrected chi connectivity index (χ4v) is 2.06. The molecule has 0 radical (unpaired) electrons. The van der Waals surface area contributed by atoms with E-state index in [9.17, 15) is 23.1 Å². The van der Waals surface area contributed by atoms with E-state index in [4.69, 9.17) is 5.11 Å². The maximum Gasteiger partial charge on any atom is 0.428 e. The minimum atomic E-state index is -4.67. The number of ether oxygens (including phenoxy) is 1. The number of aliphatic hydroxyl groups excluding tert-OH is 2. The third-order valence-corrected chi connectivity index (χ3v) is 3.40. The molecule has 24 heavy (non-hydrogen) atoms. The zero-order valence-electron chi connectivity index (χ0n) is 12.6. The largest absolute Gasteiger partial charge is 0.442 e. The lowest BCUT2D eigenvalue weighted by atomic mass is 10.0. The molecule has 1 aliphatic rings. The van der Waals surface area contributed by atoms with Crippen LogP contribution in [-0.2, 0) is 10.9 Å². The molecule has 1 amide bonds. The summed E-state index contributed by atoms with van der Waals surface area (Å²) in [5, 5.41) is 24.8. The van der Waals surface area contributed by atoms with E-state index >= 15 is 0 Å². The van der Waals surface area contributed by atoms with E-state index in [1.54, 1.807) is 0 Å². The average Bonchev–Trinajstić information content (AvgIpc) is 2.52. The number of amides is 1. The molecule has 4 N–H and O–H groups in total. The van der Waals surface area contributed by atoms with E-state index in [-0.39, 0.29) is 23.6 Å². The van der Waals surface area contributed by atoms with E-state index in [2.05, 4.69) is 15.2 Å². The van der Waals surface area contributed by atoms with Gasteiger partial charge in [-0.1, -0.05) is 6.07 Å². The van der Waals surface area contributed by atoms with Crippen molar-refractivity contribution in [1.82, 2.24) is 5.43 Å². The minimum absolute atomic E-state index is 0.130. The van der Waals surface area contributed by atoms with Crippen LogP contribution in [0.15, 0.2) is 23.3 Å². The van der Waals surface area contributed by atoms with Crippen molar-refractivity contribution < 1.29 is 32.9 Å². The van der Waals surface area contributed by atoms with Crippen LogP contribution in [0.3, 0.4) is 0 Å². The van der Waals surface area contributed by atoms with Crippen molar-refractivity contribution in [2.75, 3.05) is 18.5 Å². The van der Waals surface area contributed by atoms with Gasteiger partial charge in [-0.2, -0.15) is 18.3 Å². The molecule has 2 atom stereocenters. The van der Waals surface area contributed by atoms with E-state index in [0.717, 1.165) is 6.07 Å². The van der Waals surface area contributed by atoms with Crippen LogP contribution < -0.4 is 10.7 Å². The molecule has 1 heterocycles. The number of anilines is 1. The number of nitrogens with one attached hydrogen (secondary N) is 2. The van der Waals surface area contributed by atoms with E-state index < -0.39 is 36.6 Å². The van der Waals surface area contributed by atoms with Crippen molar-refractivity contribution in [2.24, 2.45) is 5.10 Å². The van der Waals surface area contributed by atoms with Gasteiger partial charge in [-0.05, 0) is 19.1 Å². The van der Waals surface area contributed by atoms with Crippen molar-refractivity contribution >= 4 is 17.5 Å². The summed E-state index contributed by atoms with van der Waals surface area (Å²) >= 11 is 0. The molecular formula is C14H16F3N3O4. The van der Waals surface area contributed by atoms with Gasteiger partial charge in [0.15, 0.2) is 0 Å². The topological polar surface area (TPSA) is 103 Å². The lowest BCUT2D eigenvalue weighted by Gasteiger charge is -2.23. The summed E-state index contributed by atoms with van der Waals surface area (Å²) in [4.78, 5) is 10.9. The first-order valence-corrected chi connectivity index (χ1v) is 6.98. The summed E-state index contributed by atoms with van der Waals surface area (Å²) in [6, 6.07) is 2.44. The number of hydrazone groups is 1. The molecule has 2 rings (SSSR count). The highest BCUT2D eigenvalue weighted by molar-refractivity contribution is 6.04. The van der Waals surface area contributed by atoms with Crippen molar-refractivity contribution in [3.63, 3.8) is 0 Å². The first-order valence-electron chi connectivity index (χ1n) is 6.98. The molecule has 132 valence electrons. The molecule has 1 aromatic carbocycles. The Balaban J connectivity index is 2.37. The summed E-state index contributed by atoms with van der Waals surface area (Å²) in [6.45, 7) is 0.568. The molecule has 0 fully saturated rings. The molecule has 0 saturated heterocycles. The molecule has 0 aliphatic carbocycles. The summed E-state index contributed by atoms with van der Waals surface area (Å²) in [6.07, 6.45) is -6.51. The van der Waals surface area contributed by atoms with Gasteiger partial charge < -0.3 is 20.3 Å². The minimum Gasteiger partial charge on any atom is -0.442 e. The van der Waals surface area contributed by atoms with Crippen molar-refractivity contribution in [3.8, 4) is 0 Å². The van der Waals surface area contributed by atoms with Gasteiger partial charge in [0.1, 0.15) is 12.3 Å². The van der Waals surface area contributed by atoms with Gasteiger partial charge in [0, 0.05) is 11.3 Å². The number of carbonyl (C=O) groups is 1. The highest BCUT2D eigenvalue weighted by Gasteiger charge is 2.35. The van der Waals surface area contributed by atoms with Crippen LogP contribution in [0.25, 0.3) is 0 Å². The zero-order valence-corrected chi connectivity index (χ0v) is 12.6. The first kappa shape index (κ1) is 18.0. The molecule has 0 saturated carbocycles. The third-order valence-electron chi connectivity index (χ3n) is 3.40. The lowest BCUT2D eigenvalue weighted by Crippen LogP contribution is -2.35. The molecular weight excluding hydrogens is 331 g/mol. The lowest BCUT2D eigenvalue weighted by molar-refractivity contribution is -0.137. The maximum absolute atomic E-state index is 13.3. The molecule has 7 nitrogen and oxygen atoms in total. The number of hydrogen-bond acceptors (Lipinski definition) is 6. The Morgan fingerprint density at radius 1 is 1.46 bits per heavy atom. The fraction of sp³-hybridized carbons (Fsp3) is 0.429. The summed E-state index contributed by atoms with van der Waals surface area (Å²) in [7, 11) is 0. The molecule has 1 aromatic rings. The Bertz CT molecular complexity index is 647. The highest BCUT2D eigenvalue weighted by atomic mass is 19.4. The van der Waals surface area contributed by atoms with Gasteiger partial charge >= 0.3 is 12.3 Å². The van der Waals surface area contributed by atoms with Crippen LogP contribution in [0.2, 0.25) is 0 Å². The highest BCUT2D eigenvalue weighted by Crippen LogP contribution is 2.36. The normalized spacial score (nSPS) is 17.4. The predicted octanol–water partition coefficient (Wildman–Crippen LogP) is 1.30. The standard InChI is InChI=1S/C14H16F3N3O4/c1-7(22)11(5-21)18-10-3-2-8(4-9(10)14(15,16)17)12-6-24-13(23)20-19-12/h2-4,7,11,18,21-22H,5-6H2,1H3,(H,20,23). The number of carbonyl (C=O) groups excluding carboxylic acids is 1. The number of nitrogens with zero attached hydrogens (tertiary/aromatic N) is 1. The van der Waals surface area contributed by atoms with Crippen LogP contribution in [0.4, 0.5) is 23.7 Å². The Labute approximate surface area is 135 Å². The SMILES string of the molecule is CC(O)C(CO)Nc1ccc(C2=NNC(=O)OC2)cc1C(F)(F)F. The van der Waals surface area contributed by atoms with Gasteiger partial charge in [-0.3, -0.25) is 0 Å².